The van der Waals surface area contributed by atoms with E-state index in [4.69, 9.17) is 25.8 Å². The van der Waals surface area contributed by atoms with E-state index in [0.29, 0.717) is 41.0 Å². The van der Waals surface area contributed by atoms with Gasteiger partial charge in [0.15, 0.2) is 18.1 Å². The predicted octanol–water partition coefficient (Wildman–Crippen LogP) is 2.66. The van der Waals surface area contributed by atoms with E-state index >= 15 is 0 Å². The van der Waals surface area contributed by atoms with Crippen LogP contribution in [0.15, 0.2) is 42.5 Å². The number of rotatable bonds is 5. The van der Waals surface area contributed by atoms with Gasteiger partial charge in [0.1, 0.15) is 19.0 Å². The average Bonchev–Trinajstić information content (AvgIpc) is 2.70. The fraction of sp³-hybridized carbons (Fsp3) is 0.200. The third-order valence-corrected chi connectivity index (χ3v) is 4.10. The summed E-state index contributed by atoms with van der Waals surface area (Å²) in [4.78, 5) is 23.7. The molecule has 0 radical (unpaired) electrons. The fourth-order valence-corrected chi connectivity index (χ4v) is 2.74. The number of ether oxygens (including phenoxy) is 3. The Bertz CT molecular complexity index is 913. The van der Waals surface area contributed by atoms with E-state index in [1.807, 2.05) is 25.1 Å². The van der Waals surface area contributed by atoms with Gasteiger partial charge in [-0.2, -0.15) is 0 Å². The van der Waals surface area contributed by atoms with Crippen LogP contribution in [0.25, 0.3) is 6.08 Å². The van der Waals surface area contributed by atoms with Gasteiger partial charge in [0.2, 0.25) is 0 Å². The number of nitrogens with one attached hydrogen (secondary N) is 2. The third-order valence-electron chi connectivity index (χ3n) is 3.82. The maximum absolute atomic E-state index is 11.9. The lowest BCUT2D eigenvalue weighted by molar-refractivity contribution is -0.128. The molecule has 7 nitrogen and oxygen atoms in total. The van der Waals surface area contributed by atoms with Crippen molar-refractivity contribution in [1.82, 2.24) is 10.9 Å². The number of halogens is 1. The van der Waals surface area contributed by atoms with Crippen molar-refractivity contribution >= 4 is 29.5 Å². The van der Waals surface area contributed by atoms with Crippen molar-refractivity contribution in [2.75, 3.05) is 19.8 Å². The zero-order valence-corrected chi connectivity index (χ0v) is 15.9. The summed E-state index contributed by atoms with van der Waals surface area (Å²) in [6.45, 7) is 2.54. The highest BCUT2D eigenvalue weighted by Gasteiger charge is 2.16. The molecule has 146 valence electrons. The molecule has 0 saturated carbocycles. The number of hydrogen-bond acceptors (Lipinski definition) is 5. The molecule has 2 aromatic rings. The molecule has 2 N–H and O–H groups in total. The minimum absolute atomic E-state index is 0.216. The van der Waals surface area contributed by atoms with Crippen LogP contribution < -0.4 is 25.1 Å². The lowest BCUT2D eigenvalue weighted by Gasteiger charge is -2.19. The molecule has 1 heterocycles. The van der Waals surface area contributed by atoms with Gasteiger partial charge < -0.3 is 14.2 Å². The summed E-state index contributed by atoms with van der Waals surface area (Å²) in [6, 6.07) is 10.7. The molecular weight excluding hydrogens is 384 g/mol. The Morgan fingerprint density at radius 3 is 2.79 bits per heavy atom. The normalized spacial score (nSPS) is 12.5. The molecule has 0 aliphatic carbocycles. The minimum atomic E-state index is -0.504. The number of carbonyl (C=O) groups is 2. The first kappa shape index (κ1) is 19.6. The number of carbonyl (C=O) groups excluding carboxylic acids is 2. The zero-order valence-electron chi connectivity index (χ0n) is 15.2. The standard InChI is InChI=1S/C20H19ClN2O5/c1-13-4-2-3-5-16(13)28-12-19(25)23-22-18(24)7-6-14-10-15(21)20-17(11-14)26-8-9-27-20/h2-7,10-11H,8-9,12H2,1H3,(H,22,24)(H,23,25)/b7-6+. The molecule has 3 rings (SSSR count). The Morgan fingerprint density at radius 1 is 1.18 bits per heavy atom. The van der Waals surface area contributed by atoms with Crippen molar-refractivity contribution in [3.8, 4) is 17.2 Å². The number of fused-ring (bicyclic) bond motifs is 1. The summed E-state index contributed by atoms with van der Waals surface area (Å²) in [7, 11) is 0. The fourth-order valence-electron chi connectivity index (χ4n) is 2.47. The van der Waals surface area contributed by atoms with Crippen LogP contribution >= 0.6 is 11.6 Å². The van der Waals surface area contributed by atoms with Crippen molar-refractivity contribution in [3.63, 3.8) is 0 Å². The van der Waals surface area contributed by atoms with E-state index in [9.17, 15) is 9.59 Å². The molecule has 0 atom stereocenters. The molecular formula is C20H19ClN2O5. The zero-order chi connectivity index (χ0) is 19.9. The number of aryl methyl sites for hydroxylation is 1. The molecule has 0 saturated heterocycles. The van der Waals surface area contributed by atoms with Crippen LogP contribution in [0, 0.1) is 6.92 Å². The van der Waals surface area contributed by atoms with E-state index in [1.165, 1.54) is 6.08 Å². The number of benzene rings is 2. The molecule has 0 bridgehead atoms. The molecule has 0 fully saturated rings. The summed E-state index contributed by atoms with van der Waals surface area (Å²) in [5.41, 5.74) is 6.15. The molecule has 0 unspecified atom stereocenters. The summed E-state index contributed by atoms with van der Waals surface area (Å²) < 4.78 is 16.3. The molecule has 0 aromatic heterocycles. The summed E-state index contributed by atoms with van der Waals surface area (Å²) in [6.07, 6.45) is 2.82. The highest BCUT2D eigenvalue weighted by molar-refractivity contribution is 6.32. The first-order valence-electron chi connectivity index (χ1n) is 8.57. The van der Waals surface area contributed by atoms with E-state index in [1.54, 1.807) is 24.3 Å². The van der Waals surface area contributed by atoms with Crippen molar-refractivity contribution < 1.29 is 23.8 Å². The van der Waals surface area contributed by atoms with Crippen LogP contribution in [-0.4, -0.2) is 31.6 Å². The van der Waals surface area contributed by atoms with Crippen molar-refractivity contribution in [2.24, 2.45) is 0 Å². The van der Waals surface area contributed by atoms with Gasteiger partial charge >= 0.3 is 0 Å². The van der Waals surface area contributed by atoms with Crippen LogP contribution in [-0.2, 0) is 9.59 Å². The summed E-state index contributed by atoms with van der Waals surface area (Å²) in [5.74, 6) is 0.651. The molecule has 8 heteroatoms. The van der Waals surface area contributed by atoms with Crippen LogP contribution in [0.2, 0.25) is 5.02 Å². The van der Waals surface area contributed by atoms with E-state index < -0.39 is 11.8 Å². The molecule has 0 spiro atoms. The smallest absolute Gasteiger partial charge is 0.276 e. The molecule has 1 aliphatic heterocycles. The Hall–Kier alpha value is -3.19. The monoisotopic (exact) mass is 402 g/mol. The Balaban J connectivity index is 1.48. The summed E-state index contributed by atoms with van der Waals surface area (Å²) in [5, 5.41) is 0.402. The SMILES string of the molecule is Cc1ccccc1OCC(=O)NNC(=O)/C=C/c1cc(Cl)c2c(c1)OCCO2. The van der Waals surface area contributed by atoms with Gasteiger partial charge in [0.25, 0.3) is 11.8 Å². The topological polar surface area (TPSA) is 85.9 Å². The van der Waals surface area contributed by atoms with E-state index in [-0.39, 0.29) is 6.61 Å². The second kappa shape index (κ2) is 9.14. The largest absolute Gasteiger partial charge is 0.486 e. The first-order valence-corrected chi connectivity index (χ1v) is 8.95. The van der Waals surface area contributed by atoms with Crippen LogP contribution in [0.1, 0.15) is 11.1 Å². The van der Waals surface area contributed by atoms with Gasteiger partial charge in [-0.25, -0.2) is 0 Å². The van der Waals surface area contributed by atoms with Gasteiger partial charge in [-0.3, -0.25) is 20.4 Å². The van der Waals surface area contributed by atoms with E-state index in [0.717, 1.165) is 5.56 Å². The Kier molecular flexibility index (Phi) is 6.39. The first-order chi connectivity index (χ1) is 13.5. The van der Waals surface area contributed by atoms with Crippen LogP contribution in [0.3, 0.4) is 0 Å². The Morgan fingerprint density at radius 2 is 1.96 bits per heavy atom. The maximum atomic E-state index is 11.9. The van der Waals surface area contributed by atoms with Crippen LogP contribution in [0.5, 0.6) is 17.2 Å². The predicted molar refractivity (Wildman–Crippen MR) is 104 cm³/mol. The average molecular weight is 403 g/mol. The molecule has 2 amide bonds. The van der Waals surface area contributed by atoms with E-state index in [2.05, 4.69) is 10.9 Å². The molecule has 2 aromatic carbocycles. The van der Waals surface area contributed by atoms with Gasteiger partial charge in [0, 0.05) is 6.08 Å². The third kappa shape index (κ3) is 5.17. The lowest BCUT2D eigenvalue weighted by Crippen LogP contribution is -2.43. The van der Waals surface area contributed by atoms with Crippen molar-refractivity contribution in [3.05, 3.63) is 58.6 Å². The maximum Gasteiger partial charge on any atom is 0.276 e. The number of amides is 2. The molecule has 28 heavy (non-hydrogen) atoms. The number of hydrazine groups is 1. The van der Waals surface area contributed by atoms with Crippen molar-refractivity contribution in [1.29, 1.82) is 0 Å². The second-order valence-electron chi connectivity index (χ2n) is 5.95. The second-order valence-corrected chi connectivity index (χ2v) is 6.36. The molecule has 1 aliphatic rings. The van der Waals surface area contributed by atoms with Crippen molar-refractivity contribution in [2.45, 2.75) is 6.92 Å². The van der Waals surface area contributed by atoms with Gasteiger partial charge in [-0.1, -0.05) is 29.8 Å². The van der Waals surface area contributed by atoms with Gasteiger partial charge in [0.05, 0.1) is 5.02 Å². The highest BCUT2D eigenvalue weighted by Crippen LogP contribution is 2.38. The number of para-hydroxylation sites is 1. The van der Waals surface area contributed by atoms with Gasteiger partial charge in [-0.05, 0) is 42.3 Å². The highest BCUT2D eigenvalue weighted by atomic mass is 35.5. The Labute approximate surface area is 167 Å². The van der Waals surface area contributed by atoms with Gasteiger partial charge in [-0.15, -0.1) is 0 Å². The van der Waals surface area contributed by atoms with Crippen LogP contribution in [0.4, 0.5) is 0 Å². The summed E-state index contributed by atoms with van der Waals surface area (Å²) >= 11 is 6.15. The lowest BCUT2D eigenvalue weighted by atomic mass is 10.1. The number of hydrogen-bond donors (Lipinski definition) is 2. The minimum Gasteiger partial charge on any atom is -0.486 e. The quantitative estimate of drug-likeness (QED) is 0.593.